The maximum Gasteiger partial charge on any atom is 0.295 e. The van der Waals surface area contributed by atoms with Crippen molar-refractivity contribution in [2.75, 3.05) is 5.73 Å². The number of anilines is 1. The quantitative estimate of drug-likeness (QED) is 0.497. The summed E-state index contributed by atoms with van der Waals surface area (Å²) < 4.78 is 1.76. The number of nitro benzene ring substituents is 1. The molecular weight excluding hydrogens is 220 g/mol. The zero-order valence-corrected chi connectivity index (χ0v) is 9.33. The number of nitrogen functional groups attached to an aromatic ring is 1. The van der Waals surface area contributed by atoms with Crippen molar-refractivity contribution in [3.05, 3.63) is 46.5 Å². The Hall–Kier alpha value is -2.37. The molecule has 0 amide bonds. The summed E-state index contributed by atoms with van der Waals surface area (Å²) in [6.07, 6.45) is 5.59. The first-order valence-electron chi connectivity index (χ1n) is 5.18. The molecule has 0 bridgehead atoms. The summed E-state index contributed by atoms with van der Waals surface area (Å²) >= 11 is 0. The Kier molecular flexibility index (Phi) is 2.78. The van der Waals surface area contributed by atoms with Crippen LogP contribution in [0.2, 0.25) is 0 Å². The lowest BCUT2D eigenvalue weighted by molar-refractivity contribution is -0.384. The number of hydrogen-bond donors (Lipinski definition) is 1. The highest BCUT2D eigenvalue weighted by Crippen LogP contribution is 2.29. The molecule has 0 fully saturated rings. The summed E-state index contributed by atoms with van der Waals surface area (Å²) in [5.41, 5.74) is 7.31. The van der Waals surface area contributed by atoms with Crippen molar-refractivity contribution in [3.8, 4) is 5.69 Å². The van der Waals surface area contributed by atoms with E-state index in [2.05, 4.69) is 4.98 Å². The minimum absolute atomic E-state index is 0.00337. The highest BCUT2D eigenvalue weighted by Gasteiger charge is 2.18. The van der Waals surface area contributed by atoms with Crippen LogP contribution < -0.4 is 5.73 Å². The topological polar surface area (TPSA) is 87.0 Å². The Bertz CT molecular complexity index is 549. The van der Waals surface area contributed by atoms with E-state index in [9.17, 15) is 10.1 Å². The lowest BCUT2D eigenvalue weighted by Crippen LogP contribution is -2.02. The van der Waals surface area contributed by atoms with E-state index in [4.69, 9.17) is 5.73 Å². The van der Waals surface area contributed by atoms with Gasteiger partial charge in [-0.2, -0.15) is 0 Å². The predicted octanol–water partition coefficient (Wildman–Crippen LogP) is 1.93. The van der Waals surface area contributed by atoms with Gasteiger partial charge in [0.05, 0.1) is 11.3 Å². The molecule has 0 spiro atoms. The number of rotatable bonds is 3. The third kappa shape index (κ3) is 1.96. The molecule has 1 aromatic carbocycles. The maximum atomic E-state index is 10.9. The second kappa shape index (κ2) is 4.25. The van der Waals surface area contributed by atoms with Gasteiger partial charge in [0.25, 0.3) is 5.69 Å². The van der Waals surface area contributed by atoms with Crippen LogP contribution in [0.3, 0.4) is 0 Å². The summed E-state index contributed by atoms with van der Waals surface area (Å²) in [4.78, 5) is 14.4. The van der Waals surface area contributed by atoms with Crippen LogP contribution in [-0.2, 0) is 6.42 Å². The average Bonchev–Trinajstić information content (AvgIpc) is 2.80. The lowest BCUT2D eigenvalue weighted by atomic mass is 10.1. The molecule has 6 nitrogen and oxygen atoms in total. The molecule has 0 radical (unpaired) electrons. The van der Waals surface area contributed by atoms with Crippen LogP contribution in [0.5, 0.6) is 0 Å². The second-order valence-corrected chi connectivity index (χ2v) is 3.62. The van der Waals surface area contributed by atoms with E-state index in [1.807, 2.05) is 6.92 Å². The van der Waals surface area contributed by atoms with E-state index in [0.29, 0.717) is 12.0 Å². The normalized spacial score (nSPS) is 10.4. The third-order valence-electron chi connectivity index (χ3n) is 2.57. The molecule has 0 atom stereocenters. The van der Waals surface area contributed by atoms with Gasteiger partial charge >= 0.3 is 0 Å². The van der Waals surface area contributed by atoms with Gasteiger partial charge in [0.2, 0.25) is 0 Å². The van der Waals surface area contributed by atoms with Gasteiger partial charge in [-0.15, -0.1) is 0 Å². The first kappa shape index (κ1) is 11.1. The number of nitro groups is 1. The maximum absolute atomic E-state index is 10.9. The Labute approximate surface area is 97.9 Å². The molecule has 1 heterocycles. The fourth-order valence-corrected chi connectivity index (χ4v) is 1.75. The van der Waals surface area contributed by atoms with Crippen LogP contribution in [0.4, 0.5) is 11.4 Å². The van der Waals surface area contributed by atoms with Crippen molar-refractivity contribution in [3.63, 3.8) is 0 Å². The van der Waals surface area contributed by atoms with Gasteiger partial charge in [-0.05, 0) is 18.6 Å². The summed E-state index contributed by atoms with van der Waals surface area (Å²) in [5.74, 6) is 0. The van der Waals surface area contributed by atoms with Crippen molar-refractivity contribution in [2.45, 2.75) is 13.3 Å². The van der Waals surface area contributed by atoms with Crippen molar-refractivity contribution >= 4 is 11.4 Å². The van der Waals surface area contributed by atoms with Crippen molar-refractivity contribution in [1.82, 2.24) is 9.55 Å². The van der Waals surface area contributed by atoms with Crippen LogP contribution in [0.1, 0.15) is 12.5 Å². The zero-order chi connectivity index (χ0) is 12.4. The van der Waals surface area contributed by atoms with Gasteiger partial charge in [0, 0.05) is 23.6 Å². The van der Waals surface area contributed by atoms with E-state index < -0.39 is 4.92 Å². The monoisotopic (exact) mass is 232 g/mol. The molecule has 88 valence electrons. The number of benzene rings is 1. The molecule has 1 aromatic heterocycles. The highest BCUT2D eigenvalue weighted by atomic mass is 16.6. The molecule has 6 heteroatoms. The van der Waals surface area contributed by atoms with Crippen LogP contribution in [0.15, 0.2) is 30.9 Å². The van der Waals surface area contributed by atoms with E-state index >= 15 is 0 Å². The zero-order valence-electron chi connectivity index (χ0n) is 9.33. The largest absolute Gasteiger partial charge is 0.393 e. The smallest absolute Gasteiger partial charge is 0.295 e. The van der Waals surface area contributed by atoms with Gasteiger partial charge in [-0.3, -0.25) is 10.1 Å². The van der Waals surface area contributed by atoms with Crippen LogP contribution in [0.25, 0.3) is 5.69 Å². The van der Waals surface area contributed by atoms with E-state index in [-0.39, 0.29) is 11.4 Å². The Morgan fingerprint density at radius 1 is 1.53 bits per heavy atom. The average molecular weight is 232 g/mol. The molecule has 0 aliphatic rings. The molecular formula is C11H12N4O2. The summed E-state index contributed by atoms with van der Waals surface area (Å²) in [5, 5.41) is 10.9. The van der Waals surface area contributed by atoms with Gasteiger partial charge in [0.1, 0.15) is 5.69 Å². The Balaban J connectivity index is 2.60. The fourth-order valence-electron chi connectivity index (χ4n) is 1.75. The number of nitrogens with zero attached hydrogens (tertiary/aromatic N) is 3. The van der Waals surface area contributed by atoms with Crippen LogP contribution in [-0.4, -0.2) is 14.5 Å². The number of hydrogen-bond acceptors (Lipinski definition) is 4. The molecule has 2 N–H and O–H groups in total. The van der Waals surface area contributed by atoms with Crippen molar-refractivity contribution in [1.29, 1.82) is 0 Å². The molecule has 17 heavy (non-hydrogen) atoms. The standard InChI is InChI=1S/C11H12N4O2/c1-2-8-5-9(14-4-3-13-7-14)6-10(12)11(8)15(16)17/h3-7H,2,12H2,1H3. The predicted molar refractivity (Wildman–Crippen MR) is 64.0 cm³/mol. The second-order valence-electron chi connectivity index (χ2n) is 3.62. The minimum atomic E-state index is -0.439. The first-order chi connectivity index (χ1) is 8.13. The number of nitrogens with two attached hydrogens (primary N) is 1. The summed E-state index contributed by atoms with van der Waals surface area (Å²) in [6.45, 7) is 1.86. The van der Waals surface area contributed by atoms with E-state index in [0.717, 1.165) is 5.69 Å². The molecule has 2 aromatic rings. The number of aryl methyl sites for hydroxylation is 1. The number of aromatic nitrogens is 2. The molecule has 0 aliphatic carbocycles. The summed E-state index contributed by atoms with van der Waals surface area (Å²) in [6, 6.07) is 3.34. The van der Waals surface area contributed by atoms with Crippen LogP contribution in [0, 0.1) is 10.1 Å². The molecule has 2 rings (SSSR count). The lowest BCUT2D eigenvalue weighted by Gasteiger charge is -2.08. The number of imidazole rings is 1. The third-order valence-corrected chi connectivity index (χ3v) is 2.57. The molecule has 0 unspecified atom stereocenters. The first-order valence-corrected chi connectivity index (χ1v) is 5.18. The Morgan fingerprint density at radius 3 is 2.82 bits per heavy atom. The van der Waals surface area contributed by atoms with Gasteiger partial charge in [0.15, 0.2) is 0 Å². The van der Waals surface area contributed by atoms with Gasteiger partial charge in [-0.1, -0.05) is 6.92 Å². The van der Waals surface area contributed by atoms with Crippen LogP contribution >= 0.6 is 0 Å². The summed E-state index contributed by atoms with van der Waals surface area (Å²) in [7, 11) is 0. The SMILES string of the molecule is CCc1cc(-n2ccnc2)cc(N)c1[N+](=O)[O-]. The molecule has 0 saturated carbocycles. The van der Waals surface area contributed by atoms with E-state index in [1.54, 1.807) is 35.4 Å². The molecule has 0 saturated heterocycles. The minimum Gasteiger partial charge on any atom is -0.393 e. The van der Waals surface area contributed by atoms with Crippen molar-refractivity contribution < 1.29 is 4.92 Å². The van der Waals surface area contributed by atoms with Gasteiger partial charge in [-0.25, -0.2) is 4.98 Å². The van der Waals surface area contributed by atoms with Crippen molar-refractivity contribution in [2.24, 2.45) is 0 Å². The highest BCUT2D eigenvalue weighted by molar-refractivity contribution is 5.67. The molecule has 0 aliphatic heterocycles. The van der Waals surface area contributed by atoms with E-state index in [1.165, 1.54) is 0 Å². The Morgan fingerprint density at radius 2 is 2.29 bits per heavy atom. The fraction of sp³-hybridized carbons (Fsp3) is 0.182. The van der Waals surface area contributed by atoms with Gasteiger partial charge < -0.3 is 10.3 Å².